The summed E-state index contributed by atoms with van der Waals surface area (Å²) in [6.45, 7) is 1.03. The van der Waals surface area contributed by atoms with Crippen LogP contribution in [0.15, 0.2) is 29.4 Å². The molecule has 1 N–H and O–H groups in total. The molecule has 28 heavy (non-hydrogen) atoms. The number of nitrogens with zero attached hydrogens (tertiary/aromatic N) is 3. The van der Waals surface area contributed by atoms with Gasteiger partial charge in [-0.3, -0.25) is 9.36 Å². The van der Waals surface area contributed by atoms with Crippen LogP contribution in [0.1, 0.15) is 38.1 Å². The van der Waals surface area contributed by atoms with Crippen LogP contribution in [0.25, 0.3) is 11.4 Å². The van der Waals surface area contributed by atoms with Gasteiger partial charge in [-0.25, -0.2) is 0 Å². The number of nitrogens with one attached hydrogen (secondary N) is 1. The van der Waals surface area contributed by atoms with Crippen molar-refractivity contribution < 1.29 is 14.3 Å². The number of ether oxygens (including phenoxy) is 2. The van der Waals surface area contributed by atoms with Gasteiger partial charge in [0.25, 0.3) is 0 Å². The molecule has 1 aromatic heterocycles. The number of rotatable bonds is 9. The molecule has 1 aliphatic rings. The fraction of sp³-hybridized carbons (Fsp3) is 0.550. The number of aromatic nitrogens is 3. The van der Waals surface area contributed by atoms with E-state index in [2.05, 4.69) is 20.1 Å². The van der Waals surface area contributed by atoms with Crippen LogP contribution in [-0.2, 0) is 9.53 Å². The number of carbonyl (C=O) groups is 1. The number of hydrogen-bond donors (Lipinski definition) is 1. The molecule has 0 unspecified atom stereocenters. The maximum atomic E-state index is 12.1. The predicted molar refractivity (Wildman–Crippen MR) is 110 cm³/mol. The minimum atomic E-state index is -0.0220. The molecule has 152 valence electrons. The van der Waals surface area contributed by atoms with Gasteiger partial charge in [0.2, 0.25) is 5.91 Å². The molecule has 1 amide bonds. The van der Waals surface area contributed by atoms with Gasteiger partial charge >= 0.3 is 0 Å². The number of amides is 1. The number of benzene rings is 1. The molecule has 0 saturated heterocycles. The average Bonchev–Trinajstić information content (AvgIpc) is 3.17. The summed E-state index contributed by atoms with van der Waals surface area (Å²) in [4.78, 5) is 12.1. The molecule has 0 aliphatic heterocycles. The minimum absolute atomic E-state index is 0.0220. The highest BCUT2D eigenvalue weighted by atomic mass is 32.2. The maximum Gasteiger partial charge on any atom is 0.230 e. The molecule has 7 nitrogen and oxygen atoms in total. The molecule has 2 aromatic rings. The lowest BCUT2D eigenvalue weighted by atomic mass is 9.95. The predicted octanol–water partition coefficient (Wildman–Crippen LogP) is 3.31. The van der Waals surface area contributed by atoms with E-state index in [1.165, 1.54) is 31.0 Å². The summed E-state index contributed by atoms with van der Waals surface area (Å²) < 4.78 is 12.5. The van der Waals surface area contributed by atoms with E-state index in [9.17, 15) is 4.79 Å². The first-order valence-electron chi connectivity index (χ1n) is 9.70. The Morgan fingerprint density at radius 2 is 1.93 bits per heavy atom. The summed E-state index contributed by atoms with van der Waals surface area (Å²) in [5.74, 6) is 1.97. The first-order valence-corrected chi connectivity index (χ1v) is 10.7. The van der Waals surface area contributed by atoms with E-state index in [1.54, 1.807) is 14.2 Å². The molecule has 1 aliphatic carbocycles. The van der Waals surface area contributed by atoms with Crippen molar-refractivity contribution in [2.45, 2.75) is 43.3 Å². The highest BCUT2D eigenvalue weighted by Gasteiger charge is 2.24. The van der Waals surface area contributed by atoms with Crippen LogP contribution in [0.2, 0.25) is 0 Å². The number of carbonyl (C=O) groups excluding carboxylic acids is 1. The zero-order chi connectivity index (χ0) is 19.8. The fourth-order valence-electron chi connectivity index (χ4n) is 3.45. The lowest BCUT2D eigenvalue weighted by Crippen LogP contribution is -2.28. The molecule has 1 saturated carbocycles. The van der Waals surface area contributed by atoms with Crippen molar-refractivity contribution in [3.8, 4) is 17.1 Å². The first-order chi connectivity index (χ1) is 13.7. The van der Waals surface area contributed by atoms with Gasteiger partial charge in [-0.1, -0.05) is 31.0 Å². The SMILES string of the molecule is COCCNC(=O)CSc1nnc(-c2ccc(OC)cc2)n1C1CCCCC1. The Labute approximate surface area is 170 Å². The highest BCUT2D eigenvalue weighted by Crippen LogP contribution is 2.35. The summed E-state index contributed by atoms with van der Waals surface area (Å²) in [5, 5.41) is 12.5. The average molecular weight is 405 g/mol. The van der Waals surface area contributed by atoms with Crippen molar-refractivity contribution in [2.75, 3.05) is 33.1 Å². The lowest BCUT2D eigenvalue weighted by molar-refractivity contribution is -0.118. The monoisotopic (exact) mass is 404 g/mol. The number of hydrogen-bond acceptors (Lipinski definition) is 6. The first kappa shape index (κ1) is 20.7. The van der Waals surface area contributed by atoms with E-state index in [1.807, 2.05) is 24.3 Å². The Balaban J connectivity index is 1.79. The zero-order valence-corrected chi connectivity index (χ0v) is 17.3. The number of thioether (sulfide) groups is 1. The molecule has 0 bridgehead atoms. The summed E-state index contributed by atoms with van der Waals surface area (Å²) in [6, 6.07) is 8.26. The molecule has 1 aromatic carbocycles. The van der Waals surface area contributed by atoms with Crippen LogP contribution in [0, 0.1) is 0 Å². The van der Waals surface area contributed by atoms with Gasteiger partial charge in [0, 0.05) is 25.3 Å². The fourth-order valence-corrected chi connectivity index (χ4v) is 4.29. The Morgan fingerprint density at radius 3 is 2.61 bits per heavy atom. The van der Waals surface area contributed by atoms with E-state index < -0.39 is 0 Å². The van der Waals surface area contributed by atoms with Crippen LogP contribution in [0.5, 0.6) is 5.75 Å². The Bertz CT molecular complexity index is 757. The van der Waals surface area contributed by atoms with Crippen molar-refractivity contribution in [1.29, 1.82) is 0 Å². The van der Waals surface area contributed by atoms with Crippen LogP contribution < -0.4 is 10.1 Å². The van der Waals surface area contributed by atoms with Gasteiger partial charge in [-0.2, -0.15) is 0 Å². The van der Waals surface area contributed by atoms with Gasteiger partial charge < -0.3 is 14.8 Å². The van der Waals surface area contributed by atoms with Gasteiger partial charge in [-0.15, -0.1) is 10.2 Å². The molecular weight excluding hydrogens is 376 g/mol. The van der Waals surface area contributed by atoms with E-state index in [4.69, 9.17) is 9.47 Å². The van der Waals surface area contributed by atoms with E-state index in [0.717, 1.165) is 35.1 Å². The van der Waals surface area contributed by atoms with Crippen LogP contribution in [-0.4, -0.2) is 53.8 Å². The third-order valence-electron chi connectivity index (χ3n) is 4.91. The van der Waals surface area contributed by atoms with E-state index >= 15 is 0 Å². The quantitative estimate of drug-likeness (QED) is 0.510. The summed E-state index contributed by atoms with van der Waals surface area (Å²) in [5.41, 5.74) is 1.01. The minimum Gasteiger partial charge on any atom is -0.497 e. The zero-order valence-electron chi connectivity index (χ0n) is 16.5. The van der Waals surface area contributed by atoms with Crippen LogP contribution >= 0.6 is 11.8 Å². The van der Waals surface area contributed by atoms with Gasteiger partial charge in [0.05, 0.1) is 19.5 Å². The Morgan fingerprint density at radius 1 is 1.18 bits per heavy atom. The van der Waals surface area contributed by atoms with Crippen LogP contribution in [0.4, 0.5) is 0 Å². The molecule has 1 fully saturated rings. The van der Waals surface area contributed by atoms with Crippen molar-refractivity contribution in [2.24, 2.45) is 0 Å². The summed E-state index contributed by atoms with van der Waals surface area (Å²) in [7, 11) is 3.28. The van der Waals surface area contributed by atoms with Crippen LogP contribution in [0.3, 0.4) is 0 Å². The topological polar surface area (TPSA) is 78.3 Å². The summed E-state index contributed by atoms with van der Waals surface area (Å²) in [6.07, 6.45) is 5.95. The second-order valence-corrected chi connectivity index (χ2v) is 7.77. The molecule has 1 heterocycles. The van der Waals surface area contributed by atoms with Crippen molar-refractivity contribution in [3.63, 3.8) is 0 Å². The van der Waals surface area contributed by atoms with E-state index in [-0.39, 0.29) is 5.91 Å². The molecular formula is C20H28N4O3S. The molecule has 0 radical (unpaired) electrons. The smallest absolute Gasteiger partial charge is 0.230 e. The lowest BCUT2D eigenvalue weighted by Gasteiger charge is -2.25. The Kier molecular flexibility index (Phi) is 7.73. The third-order valence-corrected chi connectivity index (χ3v) is 5.86. The standard InChI is InChI=1S/C20H28N4O3S/c1-26-13-12-21-18(25)14-28-20-23-22-19(15-8-10-17(27-2)11-9-15)24(20)16-6-4-3-5-7-16/h8-11,16H,3-7,12-14H2,1-2H3,(H,21,25). The molecule has 3 rings (SSSR count). The largest absolute Gasteiger partial charge is 0.497 e. The van der Waals surface area contributed by atoms with Gasteiger partial charge in [0.15, 0.2) is 11.0 Å². The molecule has 0 spiro atoms. The van der Waals surface area contributed by atoms with Crippen molar-refractivity contribution >= 4 is 17.7 Å². The third kappa shape index (κ3) is 5.26. The molecule has 0 atom stereocenters. The Hall–Kier alpha value is -2.06. The molecule has 8 heteroatoms. The highest BCUT2D eigenvalue weighted by molar-refractivity contribution is 7.99. The van der Waals surface area contributed by atoms with Crippen molar-refractivity contribution in [1.82, 2.24) is 20.1 Å². The second-order valence-electron chi connectivity index (χ2n) is 6.83. The van der Waals surface area contributed by atoms with E-state index in [0.29, 0.717) is 24.9 Å². The van der Waals surface area contributed by atoms with Gasteiger partial charge in [0.1, 0.15) is 5.75 Å². The second kappa shape index (κ2) is 10.5. The van der Waals surface area contributed by atoms with Crippen molar-refractivity contribution in [3.05, 3.63) is 24.3 Å². The maximum absolute atomic E-state index is 12.1. The normalized spacial score (nSPS) is 14.8. The number of methoxy groups -OCH3 is 2. The van der Waals surface area contributed by atoms with Gasteiger partial charge in [-0.05, 0) is 37.1 Å². The summed E-state index contributed by atoms with van der Waals surface area (Å²) >= 11 is 1.44.